The zero-order valence-corrected chi connectivity index (χ0v) is 13.8. The minimum atomic E-state index is -4.76. The molecule has 1 aromatic heterocycles. The van der Waals surface area contributed by atoms with Gasteiger partial charge in [-0.1, -0.05) is 19.0 Å². The van der Waals surface area contributed by atoms with E-state index in [9.17, 15) is 18.0 Å². The van der Waals surface area contributed by atoms with Gasteiger partial charge in [0.25, 0.3) is 0 Å². The molecule has 0 bridgehead atoms. The van der Waals surface area contributed by atoms with Crippen molar-refractivity contribution in [1.82, 2.24) is 15.0 Å². The van der Waals surface area contributed by atoms with Crippen LogP contribution in [0, 0.1) is 0 Å². The highest BCUT2D eigenvalue weighted by Crippen LogP contribution is 2.24. The molecule has 0 saturated heterocycles. The summed E-state index contributed by atoms with van der Waals surface area (Å²) in [5.74, 6) is 0.545. The molecule has 0 aliphatic carbocycles. The lowest BCUT2D eigenvalue weighted by molar-refractivity contribution is -0.274. The summed E-state index contributed by atoms with van der Waals surface area (Å²) in [5.41, 5.74) is 0.322. The van der Waals surface area contributed by atoms with Crippen molar-refractivity contribution in [2.75, 3.05) is 12.4 Å². The van der Waals surface area contributed by atoms with Crippen molar-refractivity contribution in [2.24, 2.45) is 0 Å². The molecule has 1 N–H and O–H groups in total. The maximum atomic E-state index is 12.1. The number of nitrogens with zero attached hydrogens (tertiary/aromatic N) is 3. The van der Waals surface area contributed by atoms with Gasteiger partial charge in [0.2, 0.25) is 5.89 Å². The Kier molecular flexibility index (Phi) is 5.50. The minimum absolute atomic E-state index is 0.0813. The number of alkyl halides is 3. The van der Waals surface area contributed by atoms with E-state index in [0.29, 0.717) is 17.4 Å². The van der Waals surface area contributed by atoms with Gasteiger partial charge in [0, 0.05) is 18.7 Å². The number of halogens is 3. The van der Waals surface area contributed by atoms with Gasteiger partial charge in [-0.3, -0.25) is 0 Å². The van der Waals surface area contributed by atoms with E-state index in [-0.39, 0.29) is 18.2 Å². The van der Waals surface area contributed by atoms with Crippen LogP contribution in [0.5, 0.6) is 5.75 Å². The van der Waals surface area contributed by atoms with E-state index >= 15 is 0 Å². The van der Waals surface area contributed by atoms with E-state index in [2.05, 4.69) is 20.2 Å². The fourth-order valence-corrected chi connectivity index (χ4v) is 1.81. The molecular weight excluding hydrogens is 341 g/mol. The predicted octanol–water partition coefficient (Wildman–Crippen LogP) is 3.76. The number of urea groups is 1. The largest absolute Gasteiger partial charge is 0.573 e. The van der Waals surface area contributed by atoms with Crippen LogP contribution in [0.1, 0.15) is 31.5 Å². The summed E-state index contributed by atoms with van der Waals surface area (Å²) in [6, 6.07) is 4.35. The summed E-state index contributed by atoms with van der Waals surface area (Å²) in [6.45, 7) is 3.93. The molecule has 1 heterocycles. The van der Waals surface area contributed by atoms with Crippen LogP contribution in [0.25, 0.3) is 0 Å². The number of ether oxygens (including phenoxy) is 1. The fourth-order valence-electron chi connectivity index (χ4n) is 1.81. The number of aromatic nitrogens is 2. The number of amides is 2. The molecule has 0 aliphatic heterocycles. The Balaban J connectivity index is 1.91. The topological polar surface area (TPSA) is 80.5 Å². The first-order valence-corrected chi connectivity index (χ1v) is 7.34. The van der Waals surface area contributed by atoms with Crippen LogP contribution in [-0.2, 0) is 6.54 Å². The third kappa shape index (κ3) is 5.66. The minimum Gasteiger partial charge on any atom is -0.406 e. The van der Waals surface area contributed by atoms with Crippen molar-refractivity contribution in [3.8, 4) is 5.75 Å². The zero-order chi connectivity index (χ0) is 18.6. The van der Waals surface area contributed by atoms with Gasteiger partial charge in [0.15, 0.2) is 5.82 Å². The first kappa shape index (κ1) is 18.6. The second kappa shape index (κ2) is 7.41. The Bertz CT molecular complexity index is 714. The van der Waals surface area contributed by atoms with E-state index in [0.717, 1.165) is 12.1 Å². The van der Waals surface area contributed by atoms with Gasteiger partial charge in [-0.2, -0.15) is 4.98 Å². The predicted molar refractivity (Wildman–Crippen MR) is 82.0 cm³/mol. The number of benzene rings is 1. The van der Waals surface area contributed by atoms with Gasteiger partial charge in [-0.15, -0.1) is 13.2 Å². The molecule has 0 fully saturated rings. The number of nitrogens with one attached hydrogen (secondary N) is 1. The molecule has 1 aromatic carbocycles. The van der Waals surface area contributed by atoms with E-state index in [1.54, 1.807) is 0 Å². The molecule has 0 unspecified atom stereocenters. The second-order valence-electron chi connectivity index (χ2n) is 5.56. The van der Waals surface area contributed by atoms with Crippen LogP contribution in [0.2, 0.25) is 0 Å². The van der Waals surface area contributed by atoms with E-state index < -0.39 is 12.4 Å². The smallest absolute Gasteiger partial charge is 0.406 e. The lowest BCUT2D eigenvalue weighted by Crippen LogP contribution is -2.31. The molecule has 0 radical (unpaired) electrons. The molecule has 2 aromatic rings. The van der Waals surface area contributed by atoms with Crippen molar-refractivity contribution >= 4 is 11.7 Å². The van der Waals surface area contributed by atoms with Crippen LogP contribution in [0.4, 0.5) is 23.7 Å². The molecule has 25 heavy (non-hydrogen) atoms. The highest BCUT2D eigenvalue weighted by molar-refractivity contribution is 5.89. The van der Waals surface area contributed by atoms with Crippen LogP contribution in [0.15, 0.2) is 28.8 Å². The average Bonchev–Trinajstić information content (AvgIpc) is 2.96. The third-order valence-electron chi connectivity index (χ3n) is 3.04. The van der Waals surface area contributed by atoms with Gasteiger partial charge < -0.3 is 19.5 Å². The second-order valence-corrected chi connectivity index (χ2v) is 5.56. The lowest BCUT2D eigenvalue weighted by Gasteiger charge is -2.16. The van der Waals surface area contributed by atoms with Crippen LogP contribution in [-0.4, -0.2) is 34.5 Å². The van der Waals surface area contributed by atoms with Gasteiger partial charge in [-0.25, -0.2) is 4.79 Å². The van der Waals surface area contributed by atoms with Crippen LogP contribution < -0.4 is 10.1 Å². The highest BCUT2D eigenvalue weighted by atomic mass is 19.4. The monoisotopic (exact) mass is 358 g/mol. The summed E-state index contributed by atoms with van der Waals surface area (Å²) >= 11 is 0. The maximum Gasteiger partial charge on any atom is 0.573 e. The quantitative estimate of drug-likeness (QED) is 0.880. The first-order valence-electron chi connectivity index (χ1n) is 7.34. The van der Waals surface area contributed by atoms with Crippen molar-refractivity contribution in [1.29, 1.82) is 0 Å². The molecule has 136 valence electrons. The number of anilines is 1. The lowest BCUT2D eigenvalue weighted by atomic mass is 10.2. The van der Waals surface area contributed by atoms with Crippen molar-refractivity contribution in [2.45, 2.75) is 32.7 Å². The maximum absolute atomic E-state index is 12.1. The molecular formula is C15H17F3N4O3. The number of hydrogen-bond acceptors (Lipinski definition) is 5. The number of carbonyl (C=O) groups excluding carboxylic acids is 1. The van der Waals surface area contributed by atoms with E-state index in [1.165, 1.54) is 24.1 Å². The zero-order valence-electron chi connectivity index (χ0n) is 13.8. The molecule has 2 rings (SSSR count). The molecule has 0 atom stereocenters. The molecule has 0 saturated carbocycles. The summed E-state index contributed by atoms with van der Waals surface area (Å²) in [7, 11) is 1.53. The van der Waals surface area contributed by atoms with Gasteiger partial charge in [0.05, 0.1) is 6.54 Å². The van der Waals surface area contributed by atoms with E-state index in [1.807, 2.05) is 13.8 Å². The Hall–Kier alpha value is -2.78. The molecule has 0 spiro atoms. The van der Waals surface area contributed by atoms with Crippen LogP contribution in [0.3, 0.4) is 0 Å². The number of carbonyl (C=O) groups is 1. The normalized spacial score (nSPS) is 11.5. The van der Waals surface area contributed by atoms with E-state index in [4.69, 9.17) is 4.52 Å². The Morgan fingerprint density at radius 3 is 2.48 bits per heavy atom. The third-order valence-corrected chi connectivity index (χ3v) is 3.04. The fraction of sp³-hybridized carbons (Fsp3) is 0.400. The van der Waals surface area contributed by atoms with Crippen molar-refractivity contribution in [3.05, 3.63) is 36.0 Å². The summed E-state index contributed by atoms with van der Waals surface area (Å²) in [4.78, 5) is 17.6. The summed E-state index contributed by atoms with van der Waals surface area (Å²) < 4.78 is 45.1. The Labute approximate surface area is 141 Å². The number of rotatable bonds is 5. The van der Waals surface area contributed by atoms with Gasteiger partial charge in [-0.05, 0) is 24.3 Å². The van der Waals surface area contributed by atoms with Gasteiger partial charge in [0.1, 0.15) is 5.75 Å². The molecule has 7 nitrogen and oxygen atoms in total. The SMILES string of the molecule is CC(C)c1nc(CN(C)C(=O)Nc2ccc(OC(F)(F)F)cc2)no1. The Morgan fingerprint density at radius 1 is 1.32 bits per heavy atom. The van der Waals surface area contributed by atoms with Crippen LogP contribution >= 0.6 is 0 Å². The molecule has 10 heteroatoms. The Morgan fingerprint density at radius 2 is 1.96 bits per heavy atom. The highest BCUT2D eigenvalue weighted by Gasteiger charge is 2.31. The van der Waals surface area contributed by atoms with Crippen molar-refractivity contribution in [3.63, 3.8) is 0 Å². The summed E-state index contributed by atoms with van der Waals surface area (Å²) in [6.07, 6.45) is -4.76. The summed E-state index contributed by atoms with van der Waals surface area (Å²) in [5, 5.41) is 6.33. The average molecular weight is 358 g/mol. The van der Waals surface area contributed by atoms with Gasteiger partial charge >= 0.3 is 12.4 Å². The molecule has 0 aliphatic rings. The van der Waals surface area contributed by atoms with Crippen molar-refractivity contribution < 1.29 is 27.2 Å². The number of hydrogen-bond donors (Lipinski definition) is 1. The first-order chi connectivity index (χ1) is 11.6. The molecule has 2 amide bonds. The standard InChI is InChI=1S/C15H17F3N4O3/c1-9(2)13-20-12(21-25-13)8-22(3)14(23)19-10-4-6-11(7-5-10)24-15(16,17)18/h4-7,9H,8H2,1-3H3,(H,19,23).